The Labute approximate surface area is 201 Å². The van der Waals surface area contributed by atoms with E-state index in [1.54, 1.807) is 18.3 Å². The van der Waals surface area contributed by atoms with Gasteiger partial charge in [0.25, 0.3) is 0 Å². The predicted molar refractivity (Wildman–Crippen MR) is 126 cm³/mol. The standard InChI is InChI=1S/C27H18F6N2O/c28-26(29,30)19-11-7-17(8-12-19)21(18-9-13-20(14-10-18)27(31,32)33)3-1-6-25(36)35-24-5-2-4-23-22(24)15-16-34-23/h1-16,34H,(H,35,36)/b6-1+. The Balaban J connectivity index is 1.63. The zero-order chi connectivity index (χ0) is 25.9. The van der Waals surface area contributed by atoms with Gasteiger partial charge in [-0.15, -0.1) is 0 Å². The normalized spacial score (nSPS) is 12.2. The van der Waals surface area contributed by atoms with Crippen LogP contribution in [0.1, 0.15) is 22.3 Å². The van der Waals surface area contributed by atoms with Gasteiger partial charge in [0.05, 0.1) is 16.8 Å². The second-order valence-electron chi connectivity index (χ2n) is 7.82. The van der Waals surface area contributed by atoms with Crippen molar-refractivity contribution in [1.82, 2.24) is 4.98 Å². The lowest BCUT2D eigenvalue weighted by molar-refractivity contribution is -0.138. The van der Waals surface area contributed by atoms with E-state index in [1.165, 1.54) is 42.5 Å². The van der Waals surface area contributed by atoms with Crippen molar-refractivity contribution in [2.24, 2.45) is 0 Å². The number of allylic oxidation sites excluding steroid dienone is 2. The number of anilines is 1. The summed E-state index contributed by atoms with van der Waals surface area (Å²) < 4.78 is 77.8. The highest BCUT2D eigenvalue weighted by Crippen LogP contribution is 2.33. The first kappa shape index (κ1) is 24.8. The van der Waals surface area contributed by atoms with E-state index in [1.807, 2.05) is 12.1 Å². The average molecular weight is 500 g/mol. The molecule has 36 heavy (non-hydrogen) atoms. The number of alkyl halides is 6. The molecule has 0 atom stereocenters. The molecule has 0 unspecified atom stereocenters. The Morgan fingerprint density at radius 2 is 1.31 bits per heavy atom. The Kier molecular flexibility index (Phi) is 6.74. The highest BCUT2D eigenvalue weighted by Gasteiger charge is 2.31. The number of amides is 1. The van der Waals surface area contributed by atoms with Crippen molar-refractivity contribution in [2.45, 2.75) is 12.4 Å². The monoisotopic (exact) mass is 500 g/mol. The van der Waals surface area contributed by atoms with Crippen molar-refractivity contribution in [1.29, 1.82) is 0 Å². The molecule has 0 bridgehead atoms. The number of H-pyrrole nitrogens is 1. The zero-order valence-corrected chi connectivity index (χ0v) is 18.4. The first-order valence-corrected chi connectivity index (χ1v) is 10.6. The number of carbonyl (C=O) groups excluding carboxylic acids is 1. The summed E-state index contributed by atoms with van der Waals surface area (Å²) >= 11 is 0. The van der Waals surface area contributed by atoms with Gasteiger partial charge in [0.1, 0.15) is 0 Å². The number of rotatable bonds is 5. The lowest BCUT2D eigenvalue weighted by Crippen LogP contribution is -2.07. The Hall–Kier alpha value is -4.27. The fraction of sp³-hybridized carbons (Fsp3) is 0.0741. The Morgan fingerprint density at radius 1 is 0.750 bits per heavy atom. The average Bonchev–Trinajstić information content (AvgIpc) is 3.31. The first-order valence-electron chi connectivity index (χ1n) is 10.6. The van der Waals surface area contributed by atoms with Gasteiger partial charge in [-0.1, -0.05) is 42.5 Å². The number of aromatic amines is 1. The van der Waals surface area contributed by atoms with Gasteiger partial charge in [-0.3, -0.25) is 4.79 Å². The smallest absolute Gasteiger partial charge is 0.361 e. The molecule has 3 aromatic carbocycles. The molecule has 1 heterocycles. The highest BCUT2D eigenvalue weighted by atomic mass is 19.4. The van der Waals surface area contributed by atoms with Crippen LogP contribution in [0.15, 0.2) is 97.2 Å². The summed E-state index contributed by atoms with van der Waals surface area (Å²) in [6.45, 7) is 0. The molecule has 0 radical (unpaired) electrons. The molecule has 0 aliphatic carbocycles. The summed E-state index contributed by atoms with van der Waals surface area (Å²) in [4.78, 5) is 15.5. The van der Waals surface area contributed by atoms with E-state index in [-0.39, 0.29) is 0 Å². The van der Waals surface area contributed by atoms with Gasteiger partial charge < -0.3 is 10.3 Å². The van der Waals surface area contributed by atoms with Crippen LogP contribution in [0, 0.1) is 0 Å². The third-order valence-corrected chi connectivity index (χ3v) is 5.41. The molecule has 1 amide bonds. The predicted octanol–water partition coefficient (Wildman–Crippen LogP) is 7.83. The summed E-state index contributed by atoms with van der Waals surface area (Å²) in [5.41, 5.74) is 0.726. The number of aromatic nitrogens is 1. The molecule has 0 spiro atoms. The van der Waals surface area contributed by atoms with Crippen molar-refractivity contribution >= 4 is 28.1 Å². The third kappa shape index (κ3) is 5.68. The molecule has 1 aromatic heterocycles. The molecule has 3 nitrogen and oxygen atoms in total. The number of hydrogen-bond donors (Lipinski definition) is 2. The minimum atomic E-state index is -4.53. The Morgan fingerprint density at radius 3 is 1.83 bits per heavy atom. The molecule has 4 aromatic rings. The Bertz CT molecular complexity index is 1370. The molecule has 0 aliphatic rings. The van der Waals surface area contributed by atoms with Gasteiger partial charge in [0.2, 0.25) is 5.91 Å². The van der Waals surface area contributed by atoms with Gasteiger partial charge >= 0.3 is 12.4 Å². The van der Waals surface area contributed by atoms with E-state index in [2.05, 4.69) is 10.3 Å². The van der Waals surface area contributed by atoms with Gasteiger partial charge in [-0.25, -0.2) is 0 Å². The van der Waals surface area contributed by atoms with Crippen LogP contribution in [-0.2, 0) is 17.1 Å². The lowest BCUT2D eigenvalue weighted by atomic mass is 9.95. The van der Waals surface area contributed by atoms with Crippen molar-refractivity contribution in [3.8, 4) is 0 Å². The van der Waals surface area contributed by atoms with Gasteiger partial charge in [-0.2, -0.15) is 26.3 Å². The maximum atomic E-state index is 13.0. The van der Waals surface area contributed by atoms with Gasteiger partial charge in [-0.05, 0) is 59.2 Å². The number of carbonyl (C=O) groups is 1. The SMILES string of the molecule is O=C(/C=C/C=C(c1ccc(C(F)(F)F)cc1)c1ccc(C(F)(F)F)cc1)Nc1cccc2[nH]ccc12. The fourth-order valence-electron chi connectivity index (χ4n) is 3.64. The number of nitrogens with one attached hydrogen (secondary N) is 2. The molecule has 9 heteroatoms. The molecule has 2 N–H and O–H groups in total. The van der Waals surface area contributed by atoms with Crippen molar-refractivity contribution in [2.75, 3.05) is 5.32 Å². The van der Waals surface area contributed by atoms with E-state index >= 15 is 0 Å². The van der Waals surface area contributed by atoms with Crippen LogP contribution in [0.5, 0.6) is 0 Å². The highest BCUT2D eigenvalue weighted by molar-refractivity contribution is 6.05. The van der Waals surface area contributed by atoms with Crippen molar-refractivity contribution in [3.63, 3.8) is 0 Å². The number of hydrogen-bond acceptors (Lipinski definition) is 1. The topological polar surface area (TPSA) is 44.9 Å². The lowest BCUT2D eigenvalue weighted by Gasteiger charge is -2.12. The molecular formula is C27H18F6N2O. The second-order valence-corrected chi connectivity index (χ2v) is 7.82. The van der Waals surface area contributed by atoms with Gasteiger partial charge in [0, 0.05) is 23.2 Å². The second kappa shape index (κ2) is 9.77. The fourth-order valence-corrected chi connectivity index (χ4v) is 3.64. The summed E-state index contributed by atoms with van der Waals surface area (Å²) in [6.07, 6.45) is -3.26. The minimum Gasteiger partial charge on any atom is -0.361 e. The maximum Gasteiger partial charge on any atom is 0.416 e. The molecule has 0 saturated heterocycles. The van der Waals surface area contributed by atoms with Gasteiger partial charge in [0.15, 0.2) is 0 Å². The summed E-state index contributed by atoms with van der Waals surface area (Å²) in [7, 11) is 0. The van der Waals surface area contributed by atoms with Crippen molar-refractivity contribution in [3.05, 3.63) is 119 Å². The van der Waals surface area contributed by atoms with E-state index in [0.29, 0.717) is 22.4 Å². The number of fused-ring (bicyclic) bond motifs is 1. The van der Waals surface area contributed by atoms with Crippen LogP contribution in [0.4, 0.5) is 32.0 Å². The number of benzene rings is 3. The largest absolute Gasteiger partial charge is 0.416 e. The third-order valence-electron chi connectivity index (χ3n) is 5.41. The minimum absolute atomic E-state index is 0.338. The summed E-state index contributed by atoms with van der Waals surface area (Å²) in [5.74, 6) is -0.459. The van der Waals surface area contributed by atoms with Crippen LogP contribution in [0.25, 0.3) is 16.5 Å². The van der Waals surface area contributed by atoms with E-state index in [0.717, 1.165) is 35.2 Å². The van der Waals surface area contributed by atoms with Crippen LogP contribution < -0.4 is 5.32 Å². The van der Waals surface area contributed by atoms with E-state index in [9.17, 15) is 31.1 Å². The van der Waals surface area contributed by atoms with E-state index < -0.39 is 29.4 Å². The first-order chi connectivity index (χ1) is 17.0. The van der Waals surface area contributed by atoms with Crippen LogP contribution >= 0.6 is 0 Å². The molecule has 184 valence electrons. The molecule has 4 rings (SSSR count). The van der Waals surface area contributed by atoms with Crippen LogP contribution in [0.3, 0.4) is 0 Å². The maximum absolute atomic E-state index is 13.0. The van der Waals surface area contributed by atoms with Crippen LogP contribution in [-0.4, -0.2) is 10.9 Å². The quantitative estimate of drug-likeness (QED) is 0.164. The van der Waals surface area contributed by atoms with E-state index in [4.69, 9.17) is 0 Å². The molecular weight excluding hydrogens is 482 g/mol. The molecule has 0 saturated carbocycles. The van der Waals surface area contributed by atoms with Crippen LogP contribution in [0.2, 0.25) is 0 Å². The number of halogens is 6. The molecule has 0 aliphatic heterocycles. The summed E-state index contributed by atoms with van der Waals surface area (Å²) in [6, 6.07) is 15.6. The zero-order valence-electron chi connectivity index (χ0n) is 18.4. The summed E-state index contributed by atoms with van der Waals surface area (Å²) in [5, 5.41) is 3.56. The van der Waals surface area contributed by atoms with Crippen molar-refractivity contribution < 1.29 is 31.1 Å². The molecule has 0 fully saturated rings.